The molecule has 2 atom stereocenters. The molecular weight excluding hydrogens is 632 g/mol. The highest BCUT2D eigenvalue weighted by Gasteiger charge is 2.46. The van der Waals surface area contributed by atoms with E-state index in [4.69, 9.17) is 21.1 Å². The van der Waals surface area contributed by atoms with Crippen molar-refractivity contribution in [3.05, 3.63) is 76.8 Å². The SMILES string of the molecule is CC(NC(=O)c1ccc(S(=O)(=O)C(F)(F)F)cc1)C(C#N)Oc1cc(C#N)ccc1Oc1ccc(OC(F)(F)F)cc1Cl. The lowest BCUT2D eigenvalue weighted by molar-refractivity contribution is -0.274. The number of hydrogen-bond acceptors (Lipinski definition) is 8. The van der Waals surface area contributed by atoms with Crippen molar-refractivity contribution in [3.8, 4) is 35.1 Å². The Hall–Kier alpha value is -4.67. The summed E-state index contributed by atoms with van der Waals surface area (Å²) in [5.74, 6) is -1.96. The van der Waals surface area contributed by atoms with E-state index < -0.39 is 50.4 Å². The lowest BCUT2D eigenvalue weighted by Gasteiger charge is -2.22. The first-order chi connectivity index (χ1) is 19.9. The molecule has 0 spiro atoms. The molecule has 9 nitrogen and oxygen atoms in total. The molecule has 0 saturated heterocycles. The van der Waals surface area contributed by atoms with Crippen molar-refractivity contribution in [2.24, 2.45) is 0 Å². The van der Waals surface area contributed by atoms with Crippen LogP contribution in [0.15, 0.2) is 65.6 Å². The molecular formula is C26H16ClF6N3O6S. The molecule has 0 aromatic heterocycles. The van der Waals surface area contributed by atoms with Crippen LogP contribution >= 0.6 is 11.6 Å². The second kappa shape index (κ2) is 12.7. The molecule has 17 heteroatoms. The van der Waals surface area contributed by atoms with Gasteiger partial charge in [-0.1, -0.05) is 11.6 Å². The molecule has 0 radical (unpaired) electrons. The Morgan fingerprint density at radius 2 is 1.56 bits per heavy atom. The Morgan fingerprint density at radius 3 is 2.09 bits per heavy atom. The second-order valence-electron chi connectivity index (χ2n) is 8.42. The third-order valence-electron chi connectivity index (χ3n) is 5.36. The molecule has 43 heavy (non-hydrogen) atoms. The smallest absolute Gasteiger partial charge is 0.469 e. The molecule has 0 heterocycles. The molecule has 3 aromatic carbocycles. The molecule has 3 aromatic rings. The van der Waals surface area contributed by atoms with Crippen LogP contribution in [0.4, 0.5) is 26.3 Å². The van der Waals surface area contributed by atoms with E-state index in [0.717, 1.165) is 30.3 Å². The van der Waals surface area contributed by atoms with Crippen LogP contribution < -0.4 is 19.5 Å². The minimum absolute atomic E-state index is 0.0599. The van der Waals surface area contributed by atoms with E-state index in [0.29, 0.717) is 12.1 Å². The van der Waals surface area contributed by atoms with Gasteiger partial charge in [-0.25, -0.2) is 8.42 Å². The number of amides is 1. The molecule has 0 bridgehead atoms. The van der Waals surface area contributed by atoms with E-state index in [-0.39, 0.29) is 33.4 Å². The third-order valence-corrected chi connectivity index (χ3v) is 7.15. The molecule has 3 rings (SSSR count). The van der Waals surface area contributed by atoms with Crippen molar-refractivity contribution in [1.29, 1.82) is 10.5 Å². The van der Waals surface area contributed by atoms with Crippen molar-refractivity contribution < 1.29 is 53.8 Å². The standard InChI is InChI=1S/C26H16ClF6N3O6S/c1-14(36-24(37)16-3-6-18(7-4-16)43(38,39)26(31,32)33)23(13-35)41-22-10-15(12-34)2-8-21(22)40-20-9-5-17(11-19(20)27)42-25(28,29)30/h2-11,14,23H,1H3,(H,36,37). The fourth-order valence-electron chi connectivity index (χ4n) is 3.30. The minimum atomic E-state index is -5.63. The van der Waals surface area contributed by atoms with Gasteiger partial charge in [-0.15, -0.1) is 13.2 Å². The van der Waals surface area contributed by atoms with Gasteiger partial charge in [-0.3, -0.25) is 4.79 Å². The molecule has 226 valence electrons. The molecule has 0 aliphatic rings. The summed E-state index contributed by atoms with van der Waals surface area (Å²) >= 11 is 6.02. The van der Waals surface area contributed by atoms with Crippen molar-refractivity contribution in [2.75, 3.05) is 0 Å². The van der Waals surface area contributed by atoms with Gasteiger partial charge in [-0.05, 0) is 55.5 Å². The van der Waals surface area contributed by atoms with Crippen LogP contribution in [-0.2, 0) is 9.84 Å². The first-order valence-corrected chi connectivity index (χ1v) is 13.4. The van der Waals surface area contributed by atoms with E-state index in [1.807, 2.05) is 6.07 Å². The highest BCUT2D eigenvalue weighted by molar-refractivity contribution is 7.92. The number of rotatable bonds is 9. The Kier molecular flexibility index (Phi) is 9.69. The molecule has 1 N–H and O–H groups in total. The molecule has 0 aliphatic carbocycles. The van der Waals surface area contributed by atoms with Gasteiger partial charge in [0.05, 0.1) is 27.6 Å². The zero-order valence-corrected chi connectivity index (χ0v) is 22.9. The maximum atomic E-state index is 12.8. The quantitative estimate of drug-likeness (QED) is 0.268. The predicted molar refractivity (Wildman–Crippen MR) is 136 cm³/mol. The van der Waals surface area contributed by atoms with Crippen LogP contribution in [0.3, 0.4) is 0 Å². The van der Waals surface area contributed by atoms with E-state index in [1.165, 1.54) is 25.1 Å². The number of halogens is 7. The predicted octanol–water partition coefficient (Wildman–Crippen LogP) is 6.29. The lowest BCUT2D eigenvalue weighted by Crippen LogP contribution is -2.43. The average Bonchev–Trinajstić information content (AvgIpc) is 2.92. The number of ether oxygens (including phenoxy) is 3. The highest BCUT2D eigenvalue weighted by atomic mass is 35.5. The van der Waals surface area contributed by atoms with Crippen LogP contribution in [0.5, 0.6) is 23.0 Å². The summed E-state index contributed by atoms with van der Waals surface area (Å²) in [7, 11) is -5.63. The number of hydrogen-bond donors (Lipinski definition) is 1. The monoisotopic (exact) mass is 647 g/mol. The van der Waals surface area contributed by atoms with Crippen molar-refractivity contribution in [3.63, 3.8) is 0 Å². The summed E-state index contributed by atoms with van der Waals surface area (Å²) in [6, 6.07) is 12.0. The summed E-state index contributed by atoms with van der Waals surface area (Å²) in [6.07, 6.45) is -6.42. The first-order valence-electron chi connectivity index (χ1n) is 11.5. The summed E-state index contributed by atoms with van der Waals surface area (Å²) < 4.78 is 114. The van der Waals surface area contributed by atoms with Crippen molar-refractivity contribution in [1.82, 2.24) is 5.32 Å². The van der Waals surface area contributed by atoms with Gasteiger partial charge in [0.2, 0.25) is 6.10 Å². The van der Waals surface area contributed by atoms with Crippen LogP contribution in [0, 0.1) is 22.7 Å². The fourth-order valence-corrected chi connectivity index (χ4v) is 4.27. The molecule has 1 amide bonds. The molecule has 0 fully saturated rings. The minimum Gasteiger partial charge on any atom is -0.469 e. The number of benzene rings is 3. The maximum Gasteiger partial charge on any atom is 0.573 e. The van der Waals surface area contributed by atoms with Gasteiger partial charge in [0.1, 0.15) is 17.6 Å². The largest absolute Gasteiger partial charge is 0.573 e. The average molecular weight is 648 g/mol. The van der Waals surface area contributed by atoms with Crippen molar-refractivity contribution >= 4 is 27.3 Å². The Morgan fingerprint density at radius 1 is 0.930 bits per heavy atom. The van der Waals surface area contributed by atoms with Crippen LogP contribution in [-0.4, -0.2) is 38.3 Å². The van der Waals surface area contributed by atoms with Gasteiger partial charge in [-0.2, -0.15) is 23.7 Å². The van der Waals surface area contributed by atoms with Gasteiger partial charge in [0.15, 0.2) is 11.5 Å². The summed E-state index contributed by atoms with van der Waals surface area (Å²) in [6.45, 7) is 1.35. The number of nitrogens with zero attached hydrogens (tertiary/aromatic N) is 2. The number of carbonyl (C=O) groups excluding carboxylic acids is 1. The van der Waals surface area contributed by atoms with Gasteiger partial charge in [0.25, 0.3) is 15.7 Å². The molecule has 0 aliphatic heterocycles. The molecule has 0 saturated carbocycles. The highest BCUT2D eigenvalue weighted by Crippen LogP contribution is 2.38. The van der Waals surface area contributed by atoms with Crippen molar-refractivity contribution in [2.45, 2.75) is 35.8 Å². The number of alkyl halides is 6. The summed E-state index contributed by atoms with van der Waals surface area (Å²) in [5.41, 5.74) is -5.71. The normalized spacial score (nSPS) is 13.2. The van der Waals surface area contributed by atoms with Gasteiger partial charge in [0, 0.05) is 17.7 Å². The Balaban J connectivity index is 1.79. The van der Waals surface area contributed by atoms with E-state index in [9.17, 15) is 50.1 Å². The maximum absolute atomic E-state index is 12.8. The number of nitriles is 2. The Bertz CT molecular complexity index is 1700. The van der Waals surface area contributed by atoms with Crippen LogP contribution in [0.1, 0.15) is 22.8 Å². The second-order valence-corrected chi connectivity index (χ2v) is 10.8. The Labute approximate surface area is 244 Å². The topological polar surface area (TPSA) is 139 Å². The zero-order valence-electron chi connectivity index (χ0n) is 21.3. The first kappa shape index (κ1) is 32.8. The number of carbonyl (C=O) groups is 1. The van der Waals surface area contributed by atoms with Gasteiger partial charge < -0.3 is 19.5 Å². The van der Waals surface area contributed by atoms with E-state index >= 15 is 0 Å². The molecule has 2 unspecified atom stereocenters. The number of sulfone groups is 1. The summed E-state index contributed by atoms with van der Waals surface area (Å²) in [5, 5.41) is 21.1. The van der Waals surface area contributed by atoms with E-state index in [1.54, 1.807) is 6.07 Å². The summed E-state index contributed by atoms with van der Waals surface area (Å²) in [4.78, 5) is 11.6. The number of nitrogens with one attached hydrogen (secondary N) is 1. The third kappa shape index (κ3) is 8.21. The van der Waals surface area contributed by atoms with E-state index in [2.05, 4.69) is 10.1 Å². The fraction of sp³-hybridized carbons (Fsp3) is 0.192. The van der Waals surface area contributed by atoms with Crippen LogP contribution in [0.2, 0.25) is 5.02 Å². The van der Waals surface area contributed by atoms with Crippen LogP contribution in [0.25, 0.3) is 0 Å². The van der Waals surface area contributed by atoms with Gasteiger partial charge >= 0.3 is 11.9 Å². The lowest BCUT2D eigenvalue weighted by atomic mass is 10.1. The zero-order chi connectivity index (χ0) is 32.2.